The van der Waals surface area contributed by atoms with Gasteiger partial charge in [0, 0.05) is 57.7 Å². The SMILES string of the molecule is Cc1ccc(N2CCN(CC(F)(F)F)CC2)nc1-c1ccc2c(c1)N(C)S(O)(O)N2CC1CC1(F)F.Cl. The zero-order chi connectivity index (χ0) is 26.0. The van der Waals surface area contributed by atoms with Crippen LogP contribution in [0.4, 0.5) is 39.1 Å². The molecular formula is C23H29ClF5N5O2S. The van der Waals surface area contributed by atoms with Crippen molar-refractivity contribution in [3.8, 4) is 11.3 Å². The Balaban J connectivity index is 0.00000320. The molecule has 1 atom stereocenters. The van der Waals surface area contributed by atoms with Crippen molar-refractivity contribution in [1.82, 2.24) is 9.88 Å². The van der Waals surface area contributed by atoms with E-state index < -0.39 is 35.5 Å². The van der Waals surface area contributed by atoms with Crippen LogP contribution in [-0.2, 0) is 0 Å². The van der Waals surface area contributed by atoms with Crippen molar-refractivity contribution in [2.24, 2.45) is 5.92 Å². The molecule has 206 valence electrons. The van der Waals surface area contributed by atoms with Crippen LogP contribution in [0.3, 0.4) is 0 Å². The molecule has 14 heteroatoms. The van der Waals surface area contributed by atoms with Crippen molar-refractivity contribution in [2.45, 2.75) is 25.4 Å². The van der Waals surface area contributed by atoms with Crippen molar-refractivity contribution >= 4 is 40.6 Å². The van der Waals surface area contributed by atoms with Crippen LogP contribution in [0.15, 0.2) is 30.3 Å². The maximum absolute atomic E-state index is 13.5. The van der Waals surface area contributed by atoms with E-state index in [1.807, 2.05) is 24.0 Å². The summed E-state index contributed by atoms with van der Waals surface area (Å²) in [5, 5.41) is 0. The van der Waals surface area contributed by atoms with Crippen LogP contribution in [0.2, 0.25) is 0 Å². The highest BCUT2D eigenvalue weighted by molar-refractivity contribution is 8.26. The highest BCUT2D eigenvalue weighted by atomic mass is 35.5. The molecule has 2 N–H and O–H groups in total. The molecule has 0 amide bonds. The third-order valence-corrected chi connectivity index (χ3v) is 8.91. The Bertz CT molecular complexity index is 1160. The lowest BCUT2D eigenvalue weighted by Gasteiger charge is -2.42. The zero-order valence-corrected chi connectivity index (χ0v) is 21.9. The van der Waals surface area contributed by atoms with Gasteiger partial charge in [-0.2, -0.15) is 13.2 Å². The summed E-state index contributed by atoms with van der Waals surface area (Å²) in [5.41, 5.74) is 3.22. The fourth-order valence-corrected chi connectivity index (χ4v) is 6.29. The third-order valence-electron chi connectivity index (χ3n) is 7.04. The van der Waals surface area contributed by atoms with E-state index in [0.29, 0.717) is 41.5 Å². The Hall–Kier alpha value is -2.06. The molecule has 5 rings (SSSR count). The van der Waals surface area contributed by atoms with Gasteiger partial charge in [0.15, 0.2) is 0 Å². The molecule has 7 nitrogen and oxygen atoms in total. The van der Waals surface area contributed by atoms with Crippen LogP contribution in [0.1, 0.15) is 12.0 Å². The first-order chi connectivity index (χ1) is 16.8. The van der Waals surface area contributed by atoms with Gasteiger partial charge >= 0.3 is 6.18 Å². The second kappa shape index (κ2) is 9.60. The van der Waals surface area contributed by atoms with Crippen molar-refractivity contribution < 1.29 is 31.1 Å². The number of anilines is 3. The molecule has 0 radical (unpaired) electrons. The fraction of sp³-hybridized carbons (Fsp3) is 0.522. The number of hydrogen-bond acceptors (Lipinski definition) is 7. The highest BCUT2D eigenvalue weighted by Gasteiger charge is 2.59. The number of halogens is 6. The minimum Gasteiger partial charge on any atom is -0.354 e. The smallest absolute Gasteiger partial charge is 0.354 e. The van der Waals surface area contributed by atoms with Crippen LogP contribution in [0.5, 0.6) is 0 Å². The normalized spacial score (nSPS) is 23.5. The predicted molar refractivity (Wildman–Crippen MR) is 138 cm³/mol. The lowest BCUT2D eigenvalue weighted by atomic mass is 10.0. The van der Waals surface area contributed by atoms with Gasteiger partial charge < -0.3 is 4.90 Å². The van der Waals surface area contributed by atoms with E-state index in [1.165, 1.54) is 20.6 Å². The predicted octanol–water partition coefficient (Wildman–Crippen LogP) is 5.66. The average Bonchev–Trinajstić information content (AvgIpc) is 3.36. The van der Waals surface area contributed by atoms with Gasteiger partial charge in [-0.3, -0.25) is 22.6 Å². The zero-order valence-electron chi connectivity index (χ0n) is 20.3. The second-order valence-electron chi connectivity index (χ2n) is 9.63. The Morgan fingerprint density at radius 3 is 2.30 bits per heavy atom. The van der Waals surface area contributed by atoms with E-state index >= 15 is 0 Å². The summed E-state index contributed by atoms with van der Waals surface area (Å²) in [4.78, 5) is 8.11. The van der Waals surface area contributed by atoms with E-state index in [0.717, 1.165) is 5.56 Å². The molecular weight excluding hydrogens is 541 g/mol. The Morgan fingerprint density at radius 2 is 1.70 bits per heavy atom. The molecule has 2 fully saturated rings. The molecule has 2 aliphatic heterocycles. The van der Waals surface area contributed by atoms with Gasteiger partial charge in [0.1, 0.15) is 5.82 Å². The van der Waals surface area contributed by atoms with E-state index in [9.17, 15) is 31.1 Å². The topological polar surface area (TPSA) is 66.3 Å². The van der Waals surface area contributed by atoms with Crippen molar-refractivity contribution in [2.75, 3.05) is 59.8 Å². The number of piperazine rings is 1. The van der Waals surface area contributed by atoms with Crippen LogP contribution in [0, 0.1) is 12.8 Å². The molecule has 1 saturated carbocycles. The molecule has 37 heavy (non-hydrogen) atoms. The Kier molecular flexibility index (Phi) is 7.25. The summed E-state index contributed by atoms with van der Waals surface area (Å²) in [6, 6.07) is 8.95. The van der Waals surface area contributed by atoms with Crippen molar-refractivity contribution in [3.63, 3.8) is 0 Å². The molecule has 3 heterocycles. The first kappa shape index (κ1) is 28.0. The summed E-state index contributed by atoms with van der Waals surface area (Å²) in [7, 11) is -1.95. The maximum Gasteiger partial charge on any atom is 0.401 e. The highest BCUT2D eigenvalue weighted by Crippen LogP contribution is 2.63. The van der Waals surface area contributed by atoms with E-state index in [2.05, 4.69) is 0 Å². The number of aromatic nitrogens is 1. The summed E-state index contributed by atoms with van der Waals surface area (Å²) in [6.45, 7) is 2.20. The molecule has 1 aromatic carbocycles. The molecule has 2 aromatic rings. The number of pyridine rings is 1. The van der Waals surface area contributed by atoms with Gasteiger partial charge in [-0.1, -0.05) is 12.1 Å². The third kappa shape index (κ3) is 5.42. The van der Waals surface area contributed by atoms with Gasteiger partial charge in [-0.15, -0.1) is 12.4 Å². The van der Waals surface area contributed by atoms with Gasteiger partial charge in [0.05, 0.1) is 23.6 Å². The Morgan fingerprint density at radius 1 is 1.05 bits per heavy atom. The number of aryl methyl sites for hydroxylation is 1. The number of benzene rings is 1. The molecule has 0 spiro atoms. The van der Waals surface area contributed by atoms with Gasteiger partial charge in [-0.05, 0) is 41.6 Å². The van der Waals surface area contributed by atoms with Crippen LogP contribution in [-0.4, -0.2) is 77.4 Å². The summed E-state index contributed by atoms with van der Waals surface area (Å²) in [5.74, 6) is -3.05. The van der Waals surface area contributed by atoms with Crippen LogP contribution in [0.25, 0.3) is 11.3 Å². The standard InChI is InChI=1S/C23H28F5N5O2S.ClH/c1-15-3-6-20(32-9-7-31(8-10-32)14-23(26,27)28)29-21(15)16-4-5-18-19(11-16)30(2)36(34,35)33(18)13-17-12-22(17,24)25;/h3-6,11,17,34-35H,7-10,12-14H2,1-2H3;1H. The lowest BCUT2D eigenvalue weighted by Crippen LogP contribution is -2.49. The first-order valence-corrected chi connectivity index (χ1v) is 13.1. The molecule has 1 saturated heterocycles. The maximum atomic E-state index is 13.5. The quantitative estimate of drug-likeness (QED) is 0.451. The second-order valence-corrected chi connectivity index (χ2v) is 11.6. The summed E-state index contributed by atoms with van der Waals surface area (Å²) in [6.07, 6.45) is -4.49. The van der Waals surface area contributed by atoms with Gasteiger partial charge in [0.2, 0.25) is 0 Å². The van der Waals surface area contributed by atoms with Crippen molar-refractivity contribution in [1.29, 1.82) is 0 Å². The fourth-order valence-electron chi connectivity index (χ4n) is 4.79. The number of fused-ring (bicyclic) bond motifs is 1. The van der Waals surface area contributed by atoms with Gasteiger partial charge in [-0.25, -0.2) is 13.8 Å². The molecule has 1 aliphatic carbocycles. The summed E-state index contributed by atoms with van der Waals surface area (Å²) >= 11 is 0. The molecule has 3 aliphatic rings. The number of alkyl halides is 5. The van der Waals surface area contributed by atoms with Crippen LogP contribution >= 0.6 is 23.4 Å². The molecule has 1 aromatic heterocycles. The van der Waals surface area contributed by atoms with Crippen molar-refractivity contribution in [3.05, 3.63) is 35.9 Å². The minimum absolute atomic E-state index is 0. The van der Waals surface area contributed by atoms with Gasteiger partial charge in [0.25, 0.3) is 5.92 Å². The average molecular weight is 570 g/mol. The largest absolute Gasteiger partial charge is 0.401 e. The monoisotopic (exact) mass is 569 g/mol. The number of nitrogens with zero attached hydrogens (tertiary/aromatic N) is 5. The molecule has 0 bridgehead atoms. The van der Waals surface area contributed by atoms with E-state index in [-0.39, 0.29) is 38.5 Å². The molecule has 1 unspecified atom stereocenters. The number of rotatable bonds is 5. The minimum atomic E-state index is -4.23. The number of hydrogen-bond donors (Lipinski definition) is 2. The first-order valence-electron chi connectivity index (χ1n) is 11.6. The van der Waals surface area contributed by atoms with Crippen LogP contribution < -0.4 is 13.5 Å². The Labute approximate surface area is 219 Å². The summed E-state index contributed by atoms with van der Waals surface area (Å²) < 4.78 is 89.3. The van der Waals surface area contributed by atoms with E-state index in [1.54, 1.807) is 18.2 Å². The lowest BCUT2D eigenvalue weighted by molar-refractivity contribution is -0.146. The van der Waals surface area contributed by atoms with E-state index in [4.69, 9.17) is 4.98 Å².